The van der Waals surface area contributed by atoms with Crippen molar-refractivity contribution in [1.82, 2.24) is 0 Å². The van der Waals surface area contributed by atoms with Crippen LogP contribution in [0.3, 0.4) is 0 Å². The van der Waals surface area contributed by atoms with E-state index in [0.717, 1.165) is 11.6 Å². The van der Waals surface area contributed by atoms with Crippen molar-refractivity contribution in [2.45, 2.75) is 12.8 Å². The molecule has 1 aliphatic rings. The van der Waals surface area contributed by atoms with Crippen molar-refractivity contribution >= 4 is 11.8 Å². The number of hydrogen-bond donors (Lipinski definition) is 1. The lowest BCUT2D eigenvalue weighted by Crippen LogP contribution is -2.15. The third-order valence-corrected chi connectivity index (χ3v) is 2.81. The van der Waals surface area contributed by atoms with E-state index in [1.54, 1.807) is 19.2 Å². The maximum Gasteiger partial charge on any atom is 0.328 e. The Morgan fingerprint density at radius 2 is 2.18 bits per heavy atom. The molecule has 0 bridgehead atoms. The predicted molar refractivity (Wildman–Crippen MR) is 61.4 cm³/mol. The number of ketones is 1. The Kier molecular flexibility index (Phi) is 2.95. The molecule has 1 aromatic carbocycles. The molecule has 0 saturated heterocycles. The topological polar surface area (TPSA) is 63.6 Å². The highest BCUT2D eigenvalue weighted by Crippen LogP contribution is 2.28. The van der Waals surface area contributed by atoms with Crippen LogP contribution in [0.2, 0.25) is 0 Å². The van der Waals surface area contributed by atoms with Gasteiger partial charge in [0.1, 0.15) is 5.75 Å². The van der Waals surface area contributed by atoms with Crippen LogP contribution in [-0.4, -0.2) is 24.0 Å². The fourth-order valence-corrected chi connectivity index (χ4v) is 1.97. The van der Waals surface area contributed by atoms with Gasteiger partial charge in [0.15, 0.2) is 5.78 Å². The second-order valence-electron chi connectivity index (χ2n) is 3.86. The Balaban J connectivity index is 2.40. The van der Waals surface area contributed by atoms with Gasteiger partial charge in [-0.25, -0.2) is 4.79 Å². The van der Waals surface area contributed by atoms with Crippen molar-refractivity contribution in [2.75, 3.05) is 7.11 Å². The molecule has 0 atom stereocenters. The van der Waals surface area contributed by atoms with Crippen LogP contribution in [0.4, 0.5) is 0 Å². The van der Waals surface area contributed by atoms with E-state index in [2.05, 4.69) is 0 Å². The summed E-state index contributed by atoms with van der Waals surface area (Å²) in [5, 5.41) is 8.67. The molecule has 88 valence electrons. The largest absolute Gasteiger partial charge is 0.497 e. The number of Topliss-reactive ketones (excluding diaryl/α,β-unsaturated/α-hetero) is 1. The quantitative estimate of drug-likeness (QED) is 0.790. The minimum absolute atomic E-state index is 0.198. The fraction of sp³-hybridized carbons (Fsp3) is 0.231. The van der Waals surface area contributed by atoms with Gasteiger partial charge in [-0.2, -0.15) is 0 Å². The first kappa shape index (κ1) is 11.4. The summed E-state index contributed by atoms with van der Waals surface area (Å²) >= 11 is 0. The second kappa shape index (κ2) is 4.41. The number of allylic oxidation sites excluding steroid dienone is 1. The number of methoxy groups -OCH3 is 1. The predicted octanol–water partition coefficient (Wildman–Crippen LogP) is 1.84. The molecule has 0 aliphatic heterocycles. The van der Waals surface area contributed by atoms with Gasteiger partial charge < -0.3 is 9.84 Å². The van der Waals surface area contributed by atoms with Crippen molar-refractivity contribution < 1.29 is 19.4 Å². The highest BCUT2D eigenvalue weighted by molar-refractivity contribution is 6.12. The van der Waals surface area contributed by atoms with Gasteiger partial charge in [-0.3, -0.25) is 4.79 Å². The van der Waals surface area contributed by atoms with Gasteiger partial charge in [0, 0.05) is 17.2 Å². The minimum atomic E-state index is -1.08. The van der Waals surface area contributed by atoms with Gasteiger partial charge >= 0.3 is 5.97 Å². The number of carbonyl (C=O) groups is 2. The summed E-state index contributed by atoms with van der Waals surface area (Å²) in [6.45, 7) is 0. The van der Waals surface area contributed by atoms with Crippen molar-refractivity contribution in [1.29, 1.82) is 0 Å². The standard InChI is InChI=1S/C13H12O4/c1-17-10-4-5-11-8(6-10)2-3-9(13(11)16)7-12(14)15/h4-7H,2-3H2,1H3,(H,14,15)/b9-7+. The van der Waals surface area contributed by atoms with Crippen LogP contribution >= 0.6 is 0 Å². The van der Waals surface area contributed by atoms with E-state index in [9.17, 15) is 9.59 Å². The lowest BCUT2D eigenvalue weighted by Gasteiger charge is -2.17. The van der Waals surface area contributed by atoms with Gasteiger partial charge in [-0.1, -0.05) is 0 Å². The van der Waals surface area contributed by atoms with Crippen molar-refractivity contribution in [3.63, 3.8) is 0 Å². The van der Waals surface area contributed by atoms with Gasteiger partial charge in [-0.05, 0) is 36.6 Å². The van der Waals surface area contributed by atoms with Crippen LogP contribution in [0.5, 0.6) is 5.75 Å². The molecule has 1 aromatic rings. The second-order valence-corrected chi connectivity index (χ2v) is 3.86. The molecule has 17 heavy (non-hydrogen) atoms. The molecule has 0 radical (unpaired) electrons. The lowest BCUT2D eigenvalue weighted by atomic mass is 9.86. The average Bonchev–Trinajstić information content (AvgIpc) is 2.32. The van der Waals surface area contributed by atoms with E-state index >= 15 is 0 Å². The third-order valence-electron chi connectivity index (χ3n) is 2.81. The highest BCUT2D eigenvalue weighted by Gasteiger charge is 2.22. The van der Waals surface area contributed by atoms with Gasteiger partial charge in [-0.15, -0.1) is 0 Å². The lowest BCUT2D eigenvalue weighted by molar-refractivity contribution is -0.131. The Morgan fingerprint density at radius 1 is 1.41 bits per heavy atom. The molecular formula is C13H12O4. The zero-order chi connectivity index (χ0) is 12.4. The summed E-state index contributed by atoms with van der Waals surface area (Å²) in [6, 6.07) is 5.22. The Hall–Kier alpha value is -2.10. The number of aliphatic carboxylic acids is 1. The molecule has 2 rings (SSSR count). The normalized spacial score (nSPS) is 16.8. The number of carbonyl (C=O) groups excluding carboxylic acids is 1. The molecule has 4 heteroatoms. The van der Waals surface area contributed by atoms with E-state index in [1.807, 2.05) is 6.07 Å². The summed E-state index contributed by atoms with van der Waals surface area (Å²) in [5.74, 6) is -0.566. The van der Waals surface area contributed by atoms with Crippen LogP contribution in [0.25, 0.3) is 0 Å². The smallest absolute Gasteiger partial charge is 0.328 e. The highest BCUT2D eigenvalue weighted by atomic mass is 16.5. The number of benzene rings is 1. The van der Waals surface area contributed by atoms with E-state index in [-0.39, 0.29) is 5.78 Å². The molecule has 4 nitrogen and oxygen atoms in total. The summed E-state index contributed by atoms with van der Waals surface area (Å²) in [4.78, 5) is 22.6. The Morgan fingerprint density at radius 3 is 2.82 bits per heavy atom. The molecule has 1 aliphatic carbocycles. The van der Waals surface area contributed by atoms with E-state index in [1.165, 1.54) is 0 Å². The van der Waals surface area contributed by atoms with Crippen molar-refractivity contribution in [3.8, 4) is 5.75 Å². The number of ether oxygens (including phenoxy) is 1. The minimum Gasteiger partial charge on any atom is -0.497 e. The average molecular weight is 232 g/mol. The number of hydrogen-bond acceptors (Lipinski definition) is 3. The first-order valence-electron chi connectivity index (χ1n) is 5.27. The number of carboxylic acids is 1. The zero-order valence-electron chi connectivity index (χ0n) is 9.40. The van der Waals surface area contributed by atoms with E-state index < -0.39 is 5.97 Å². The maximum atomic E-state index is 12.0. The van der Waals surface area contributed by atoms with Gasteiger partial charge in [0.05, 0.1) is 7.11 Å². The third kappa shape index (κ3) is 2.20. The molecule has 0 amide bonds. The maximum absolute atomic E-state index is 12.0. The van der Waals surface area contributed by atoms with Crippen LogP contribution in [-0.2, 0) is 11.2 Å². The summed E-state index contributed by atoms with van der Waals surface area (Å²) in [5.41, 5.74) is 1.84. The molecule has 0 fully saturated rings. The van der Waals surface area contributed by atoms with Crippen LogP contribution in [0.15, 0.2) is 29.8 Å². The number of aryl methyl sites for hydroxylation is 1. The van der Waals surface area contributed by atoms with Gasteiger partial charge in [0.2, 0.25) is 0 Å². The van der Waals surface area contributed by atoms with Crippen molar-refractivity contribution in [3.05, 3.63) is 41.0 Å². The molecular weight excluding hydrogens is 220 g/mol. The van der Waals surface area contributed by atoms with E-state index in [4.69, 9.17) is 9.84 Å². The molecule has 0 aromatic heterocycles. The van der Waals surface area contributed by atoms with Crippen LogP contribution in [0.1, 0.15) is 22.3 Å². The molecule has 0 heterocycles. The SMILES string of the molecule is COc1ccc2c(c1)CC/C(=C\C(=O)O)C2=O. The van der Waals surface area contributed by atoms with E-state index in [0.29, 0.717) is 29.7 Å². The first-order valence-corrected chi connectivity index (χ1v) is 5.27. The monoisotopic (exact) mass is 232 g/mol. The molecule has 0 spiro atoms. The number of fused-ring (bicyclic) bond motifs is 1. The fourth-order valence-electron chi connectivity index (χ4n) is 1.97. The summed E-state index contributed by atoms with van der Waals surface area (Å²) in [7, 11) is 1.57. The zero-order valence-corrected chi connectivity index (χ0v) is 9.40. The van der Waals surface area contributed by atoms with Crippen LogP contribution in [0, 0.1) is 0 Å². The van der Waals surface area contributed by atoms with Crippen molar-refractivity contribution in [2.24, 2.45) is 0 Å². The Labute approximate surface area is 98.5 Å². The number of carboxylic acid groups (broad SMARTS) is 1. The van der Waals surface area contributed by atoms with Gasteiger partial charge in [0.25, 0.3) is 0 Å². The molecule has 1 N–H and O–H groups in total. The number of rotatable bonds is 2. The molecule has 0 unspecified atom stereocenters. The summed E-state index contributed by atoms with van der Waals surface area (Å²) < 4.78 is 5.09. The van der Waals surface area contributed by atoms with Crippen LogP contribution < -0.4 is 4.74 Å². The molecule has 0 saturated carbocycles. The first-order chi connectivity index (χ1) is 8.11. The Bertz CT molecular complexity index is 514. The summed E-state index contributed by atoms with van der Waals surface area (Å²) in [6.07, 6.45) is 2.12.